The van der Waals surface area contributed by atoms with Crippen molar-refractivity contribution in [3.8, 4) is 17.2 Å². The van der Waals surface area contributed by atoms with E-state index in [0.29, 0.717) is 37.1 Å². The Morgan fingerprint density at radius 1 is 1.07 bits per heavy atom. The Labute approximate surface area is 254 Å². The van der Waals surface area contributed by atoms with Crippen LogP contribution in [0.15, 0.2) is 54.7 Å². The van der Waals surface area contributed by atoms with Gasteiger partial charge in [0.15, 0.2) is 0 Å². The zero-order valence-corrected chi connectivity index (χ0v) is 24.3. The average Bonchev–Trinajstić information content (AvgIpc) is 3.53. The molecule has 1 fully saturated rings. The van der Waals surface area contributed by atoms with E-state index in [1.54, 1.807) is 32.9 Å². The molecule has 2 unspecified atom stereocenters. The molecule has 3 amide bonds. The number of pyridine rings is 1. The van der Waals surface area contributed by atoms with Crippen LogP contribution in [0, 0.1) is 0 Å². The number of ether oxygens (including phenoxy) is 2. The van der Waals surface area contributed by atoms with Crippen molar-refractivity contribution in [3.63, 3.8) is 0 Å². The van der Waals surface area contributed by atoms with Crippen molar-refractivity contribution in [1.29, 1.82) is 0 Å². The van der Waals surface area contributed by atoms with Crippen LogP contribution >= 0.6 is 0 Å². The van der Waals surface area contributed by atoms with E-state index in [9.17, 15) is 41.0 Å². The van der Waals surface area contributed by atoms with Gasteiger partial charge in [0.2, 0.25) is 0 Å². The minimum Gasteiger partial charge on any atom is -0.493 e. The number of imide groups is 1. The molecule has 2 N–H and O–H groups in total. The summed E-state index contributed by atoms with van der Waals surface area (Å²) < 4.78 is 92.3. The van der Waals surface area contributed by atoms with E-state index in [-0.39, 0.29) is 29.2 Å². The van der Waals surface area contributed by atoms with Crippen molar-refractivity contribution >= 4 is 11.9 Å². The molecule has 240 valence electrons. The molecule has 0 saturated carbocycles. The molecular weight excluding hydrogens is 608 g/mol. The molecule has 0 aliphatic carbocycles. The molecule has 14 heteroatoms. The van der Waals surface area contributed by atoms with Crippen LogP contribution in [0.2, 0.25) is 0 Å². The summed E-state index contributed by atoms with van der Waals surface area (Å²) in [5, 5.41) is 12.6. The number of rotatable bonds is 8. The lowest BCUT2D eigenvalue weighted by molar-refractivity contribution is -0.376. The number of aliphatic hydroxyl groups is 1. The van der Waals surface area contributed by atoms with Gasteiger partial charge in [0.05, 0.1) is 18.3 Å². The summed E-state index contributed by atoms with van der Waals surface area (Å²) in [5.41, 5.74) is -6.09. The molecule has 45 heavy (non-hydrogen) atoms. The molecule has 2 atom stereocenters. The fourth-order valence-corrected chi connectivity index (χ4v) is 5.54. The number of carbonyl (C=O) groups excluding carboxylic acids is 2. The molecule has 2 aromatic carbocycles. The number of aryl methyl sites for hydroxylation is 1. The molecule has 3 aromatic rings. The third-order valence-electron chi connectivity index (χ3n) is 8.10. The van der Waals surface area contributed by atoms with E-state index in [1.165, 1.54) is 18.3 Å². The van der Waals surface area contributed by atoms with Gasteiger partial charge in [-0.15, -0.1) is 0 Å². The SMILES string of the molecule is CCCc1cc(C(O)(C(F)(F)F)C(F)(F)F)ccc1Oc1ccnc(C(C)N2C(=O)NC(C)(c3ccc4c(c3)CCO4)C2=O)c1. The largest absolute Gasteiger partial charge is 0.493 e. The number of hydrogen-bond acceptors (Lipinski definition) is 6. The zero-order valence-electron chi connectivity index (χ0n) is 24.3. The summed E-state index contributed by atoms with van der Waals surface area (Å²) in [6, 6.07) is 8.65. The lowest BCUT2D eigenvalue weighted by atomic mass is 9.90. The Kier molecular flexibility index (Phi) is 8.01. The van der Waals surface area contributed by atoms with Crippen LogP contribution in [-0.4, -0.2) is 45.9 Å². The predicted molar refractivity (Wildman–Crippen MR) is 148 cm³/mol. The maximum atomic E-state index is 13.7. The smallest absolute Gasteiger partial charge is 0.430 e. The van der Waals surface area contributed by atoms with Gasteiger partial charge in [-0.1, -0.05) is 25.5 Å². The first-order chi connectivity index (χ1) is 21.0. The molecule has 5 rings (SSSR count). The summed E-state index contributed by atoms with van der Waals surface area (Å²) in [5.74, 6) is 0.265. The maximum Gasteiger partial charge on any atom is 0.430 e. The first kappa shape index (κ1) is 32.1. The molecule has 1 aromatic heterocycles. The van der Waals surface area contributed by atoms with Gasteiger partial charge in [-0.2, -0.15) is 26.3 Å². The number of aromatic nitrogens is 1. The number of halogens is 6. The van der Waals surface area contributed by atoms with Crippen LogP contribution in [0.25, 0.3) is 0 Å². The number of alkyl halides is 6. The normalized spacial score (nSPS) is 19.3. The summed E-state index contributed by atoms with van der Waals surface area (Å²) in [7, 11) is 0. The second kappa shape index (κ2) is 11.2. The summed E-state index contributed by atoms with van der Waals surface area (Å²) >= 11 is 0. The second-order valence-electron chi connectivity index (χ2n) is 11.1. The van der Waals surface area contributed by atoms with Gasteiger partial charge in [0, 0.05) is 24.2 Å². The second-order valence-corrected chi connectivity index (χ2v) is 11.1. The first-order valence-corrected chi connectivity index (χ1v) is 14.1. The molecular formula is C31H29F6N3O5. The summed E-state index contributed by atoms with van der Waals surface area (Å²) in [6.45, 7) is 5.38. The third kappa shape index (κ3) is 5.45. The lowest BCUT2D eigenvalue weighted by Crippen LogP contribution is -2.53. The van der Waals surface area contributed by atoms with Crippen molar-refractivity contribution < 1.29 is 50.5 Å². The van der Waals surface area contributed by atoms with Crippen LogP contribution in [-0.2, 0) is 28.8 Å². The molecule has 0 spiro atoms. The number of benzene rings is 2. The van der Waals surface area contributed by atoms with E-state index in [4.69, 9.17) is 9.47 Å². The van der Waals surface area contributed by atoms with E-state index in [1.807, 2.05) is 6.07 Å². The molecule has 0 radical (unpaired) electrons. The van der Waals surface area contributed by atoms with Crippen LogP contribution in [0.4, 0.5) is 31.1 Å². The van der Waals surface area contributed by atoms with E-state index < -0.39 is 47.0 Å². The van der Waals surface area contributed by atoms with Crippen molar-refractivity contribution in [2.45, 2.75) is 69.6 Å². The van der Waals surface area contributed by atoms with Crippen molar-refractivity contribution in [2.24, 2.45) is 0 Å². The highest BCUT2D eigenvalue weighted by Crippen LogP contribution is 2.51. The molecule has 3 heterocycles. The Hall–Kier alpha value is -4.33. The van der Waals surface area contributed by atoms with Gasteiger partial charge in [0.25, 0.3) is 11.5 Å². The van der Waals surface area contributed by atoms with E-state index in [0.717, 1.165) is 22.3 Å². The van der Waals surface area contributed by atoms with E-state index >= 15 is 0 Å². The standard InChI is InChI=1S/C31H29F6N3O5/c1-4-5-18-15-21(29(43,30(32,33)34)31(35,36)37)7-9-25(18)45-22-10-12-38-23(16-22)17(2)40-26(41)28(3,39-27(40)42)20-6-8-24-19(14-20)11-13-44-24/h6-10,12,14-17,43H,4-5,11,13H2,1-3H3,(H,39,42). The lowest BCUT2D eigenvalue weighted by Gasteiger charge is -2.33. The highest BCUT2D eigenvalue weighted by atomic mass is 19.4. The minimum absolute atomic E-state index is 0.00190. The van der Waals surface area contributed by atoms with Gasteiger partial charge in [0.1, 0.15) is 22.8 Å². The molecule has 1 saturated heterocycles. The number of carbonyl (C=O) groups is 2. The Bertz CT molecular complexity index is 1630. The highest BCUT2D eigenvalue weighted by molar-refractivity contribution is 6.07. The fraction of sp³-hybridized carbons (Fsp3) is 0.387. The van der Waals surface area contributed by atoms with Gasteiger partial charge in [-0.25, -0.2) is 4.79 Å². The monoisotopic (exact) mass is 637 g/mol. The maximum absolute atomic E-state index is 13.7. The number of nitrogens with one attached hydrogen (secondary N) is 1. The number of amides is 3. The average molecular weight is 638 g/mol. The fourth-order valence-electron chi connectivity index (χ4n) is 5.54. The third-order valence-corrected chi connectivity index (χ3v) is 8.10. The molecule has 2 aliphatic rings. The molecule has 2 aliphatic heterocycles. The topological polar surface area (TPSA) is 101 Å². The molecule has 0 bridgehead atoms. The van der Waals surface area contributed by atoms with Crippen molar-refractivity contribution in [1.82, 2.24) is 15.2 Å². The van der Waals surface area contributed by atoms with E-state index in [2.05, 4.69) is 10.3 Å². The van der Waals surface area contributed by atoms with Crippen LogP contribution in [0.5, 0.6) is 17.2 Å². The van der Waals surface area contributed by atoms with Gasteiger partial charge < -0.3 is 19.9 Å². The summed E-state index contributed by atoms with van der Waals surface area (Å²) in [6.07, 6.45) is -9.67. The Balaban J connectivity index is 1.41. The van der Waals surface area contributed by atoms with Crippen LogP contribution < -0.4 is 14.8 Å². The van der Waals surface area contributed by atoms with Gasteiger partial charge in [-0.3, -0.25) is 14.7 Å². The van der Waals surface area contributed by atoms with Crippen molar-refractivity contribution in [2.75, 3.05) is 6.61 Å². The van der Waals surface area contributed by atoms with Crippen molar-refractivity contribution in [3.05, 3.63) is 82.7 Å². The quantitative estimate of drug-likeness (QED) is 0.213. The number of fused-ring (bicyclic) bond motifs is 1. The van der Waals surface area contributed by atoms with Crippen LogP contribution in [0.1, 0.15) is 61.2 Å². The zero-order chi connectivity index (χ0) is 32.9. The number of hydrogen-bond donors (Lipinski definition) is 2. The molecule has 8 nitrogen and oxygen atoms in total. The highest BCUT2D eigenvalue weighted by Gasteiger charge is 2.71. The van der Waals surface area contributed by atoms with Crippen LogP contribution in [0.3, 0.4) is 0 Å². The summed E-state index contributed by atoms with van der Waals surface area (Å²) in [4.78, 5) is 32.1. The Morgan fingerprint density at radius 3 is 2.44 bits per heavy atom. The van der Waals surface area contributed by atoms with Gasteiger partial charge in [-0.05, 0) is 67.3 Å². The predicted octanol–water partition coefficient (Wildman–Crippen LogP) is 6.60. The number of urea groups is 1. The minimum atomic E-state index is -6.03. The first-order valence-electron chi connectivity index (χ1n) is 14.1. The number of nitrogens with zero attached hydrogens (tertiary/aromatic N) is 2. The Morgan fingerprint density at radius 2 is 1.78 bits per heavy atom. The van der Waals surface area contributed by atoms with Gasteiger partial charge >= 0.3 is 18.4 Å².